The summed E-state index contributed by atoms with van der Waals surface area (Å²) in [6.45, 7) is -0.278. The molecule has 0 aliphatic rings. The second-order valence-electron chi connectivity index (χ2n) is 0.864. The van der Waals surface area contributed by atoms with Crippen molar-refractivity contribution in [3.8, 4) is 0 Å². The summed E-state index contributed by atoms with van der Waals surface area (Å²) in [6, 6.07) is 0. The van der Waals surface area contributed by atoms with E-state index < -0.39 is 12.1 Å². The van der Waals surface area contributed by atoms with Crippen LogP contribution < -0.4 is 70.0 Å². The normalized spacial score (nSPS) is 5.08. The van der Waals surface area contributed by atoms with Crippen molar-refractivity contribution in [1.29, 1.82) is 0 Å². The molecule has 0 amide bonds. The summed E-state index contributed by atoms with van der Waals surface area (Å²) in [5, 5.41) is 22.9. The molecule has 0 saturated heterocycles. The van der Waals surface area contributed by atoms with E-state index in [4.69, 9.17) is 20.1 Å². The molecule has 0 aromatic rings. The number of aliphatic carboxylic acids is 1. The number of carboxylic acids is 1. The van der Waals surface area contributed by atoms with Crippen LogP contribution in [-0.4, -0.2) is 34.4 Å². The van der Waals surface area contributed by atoms with Gasteiger partial charge in [-0.2, -0.15) is 0 Å². The summed E-state index contributed by atoms with van der Waals surface area (Å²) >= 11 is 0. The maximum Gasteiger partial charge on any atom is 1.00 e. The van der Waals surface area contributed by atoms with E-state index in [1.165, 1.54) is 0 Å². The van der Waals surface area contributed by atoms with E-state index in [9.17, 15) is 4.79 Å². The number of nitrogens with two attached hydrogens (primary N) is 1. The molecule has 0 heterocycles. The molecule has 0 aliphatic heterocycles. The first-order chi connectivity index (χ1) is 4.00. The monoisotopic (exact) mass is 199 g/mol. The first kappa shape index (κ1) is 29.3. The molecule has 12 heavy (non-hydrogen) atoms. The zero-order valence-corrected chi connectivity index (χ0v) is 10.9. The van der Waals surface area contributed by atoms with Crippen LogP contribution in [0.1, 0.15) is 0 Å². The Morgan fingerprint density at radius 3 is 1.33 bits per heavy atom. The van der Waals surface area contributed by atoms with Crippen LogP contribution in [0.5, 0.6) is 0 Å². The van der Waals surface area contributed by atoms with Gasteiger partial charge in [-0.15, -0.1) is 0 Å². The number of rotatable bonds is 1. The molecule has 0 rings (SSSR count). The Kier molecular flexibility index (Phi) is 55.2. The molecule has 0 aromatic carbocycles. The topological polar surface area (TPSA) is 154 Å². The third-order valence-electron chi connectivity index (χ3n) is 0.175. The van der Waals surface area contributed by atoms with Crippen molar-refractivity contribution < 1.29 is 89.5 Å². The van der Waals surface area contributed by atoms with E-state index in [0.717, 1.165) is 0 Å². The van der Waals surface area contributed by atoms with E-state index in [2.05, 4.69) is 5.73 Å². The van der Waals surface area contributed by atoms with E-state index >= 15 is 0 Å². The van der Waals surface area contributed by atoms with Crippen molar-refractivity contribution in [3.05, 3.63) is 0 Å². The third-order valence-corrected chi connectivity index (χ3v) is 0.175. The molecular weight excluding hydrogens is 192 g/mol. The fourth-order valence-electron chi connectivity index (χ4n) is 0. The first-order valence-corrected chi connectivity index (χ1v) is 1.82. The Hall–Kier alpha value is 0.660. The molecule has 0 atom stereocenters. The standard InChI is InChI=1S/C2H5NO2.CH2O3.2Na.H2O/c3-1-2(4)5;2-1(3)4;;;/h1,3H2,(H,4,5);(H2,2,3,4);;;1H2/q;;2*+1;/p-2. The minimum Gasteiger partial charge on any atom is -0.870 e. The van der Waals surface area contributed by atoms with Crippen LogP contribution >= 0.6 is 0 Å². The molecule has 0 spiro atoms. The van der Waals surface area contributed by atoms with Gasteiger partial charge in [0, 0.05) is 0 Å². The summed E-state index contributed by atoms with van der Waals surface area (Å²) < 4.78 is 0. The van der Waals surface area contributed by atoms with Gasteiger partial charge in [0.05, 0.1) is 6.54 Å². The van der Waals surface area contributed by atoms with Crippen LogP contribution in [0, 0.1) is 0 Å². The number of hydrogen-bond acceptors (Lipinski definition) is 5. The van der Waals surface area contributed by atoms with Gasteiger partial charge in [-0.1, -0.05) is 0 Å². The molecule has 0 aliphatic carbocycles. The SMILES string of the molecule is NCC(=O)O.O=C([O-])O.[Na+].[Na+].[OH-]. The van der Waals surface area contributed by atoms with Gasteiger partial charge >= 0.3 is 65.1 Å². The zero-order chi connectivity index (χ0) is 7.86. The largest absolute Gasteiger partial charge is 1.00 e. The van der Waals surface area contributed by atoms with E-state index in [1.807, 2.05) is 0 Å². The Bertz CT molecular complexity index is 105. The van der Waals surface area contributed by atoms with E-state index in [-0.39, 0.29) is 71.1 Å². The number of hydrogen-bond donors (Lipinski definition) is 3. The van der Waals surface area contributed by atoms with Crippen molar-refractivity contribution in [3.63, 3.8) is 0 Å². The molecule has 62 valence electrons. The van der Waals surface area contributed by atoms with E-state index in [1.54, 1.807) is 0 Å². The molecule has 7 nitrogen and oxygen atoms in total. The predicted molar refractivity (Wildman–Crippen MR) is 26.7 cm³/mol. The van der Waals surface area contributed by atoms with E-state index in [0.29, 0.717) is 0 Å². The summed E-state index contributed by atoms with van der Waals surface area (Å²) in [4.78, 5) is 17.7. The van der Waals surface area contributed by atoms with Gasteiger partial charge in [0.25, 0.3) is 0 Å². The van der Waals surface area contributed by atoms with Crippen LogP contribution in [0.3, 0.4) is 0 Å². The molecule has 0 unspecified atom stereocenters. The smallest absolute Gasteiger partial charge is 0.870 e. The van der Waals surface area contributed by atoms with Crippen molar-refractivity contribution >= 4 is 12.1 Å². The molecule has 0 aromatic heterocycles. The molecule has 9 heteroatoms. The molecule has 0 radical (unpaired) electrons. The van der Waals surface area contributed by atoms with Gasteiger partial charge in [0.15, 0.2) is 0 Å². The van der Waals surface area contributed by atoms with Gasteiger partial charge in [-0.25, -0.2) is 0 Å². The maximum atomic E-state index is 9.24. The van der Waals surface area contributed by atoms with Crippen molar-refractivity contribution in [2.75, 3.05) is 6.54 Å². The minimum atomic E-state index is -2.08. The van der Waals surface area contributed by atoms with Crippen LogP contribution in [0.15, 0.2) is 0 Å². The van der Waals surface area contributed by atoms with Crippen molar-refractivity contribution in [1.82, 2.24) is 0 Å². The quantitative estimate of drug-likeness (QED) is 0.354. The molecular formula is C3H7NNa2O6. The molecule has 0 fully saturated rings. The Balaban J connectivity index is -0.0000000221. The molecule has 0 saturated carbocycles. The van der Waals surface area contributed by atoms with Crippen LogP contribution in [0.2, 0.25) is 0 Å². The predicted octanol–water partition coefficient (Wildman–Crippen LogP) is -8.25. The van der Waals surface area contributed by atoms with Crippen LogP contribution in [0.25, 0.3) is 0 Å². The van der Waals surface area contributed by atoms with Crippen molar-refractivity contribution in [2.45, 2.75) is 0 Å². The average Bonchev–Trinajstić information content (AvgIpc) is 1.65. The second kappa shape index (κ2) is 22.6. The second-order valence-corrected chi connectivity index (χ2v) is 0.864. The van der Waals surface area contributed by atoms with Gasteiger partial charge in [-0.05, 0) is 0 Å². The summed E-state index contributed by atoms with van der Waals surface area (Å²) in [5.41, 5.74) is 4.57. The summed E-state index contributed by atoms with van der Waals surface area (Å²) in [5.74, 6) is -0.968. The van der Waals surface area contributed by atoms with Crippen molar-refractivity contribution in [2.24, 2.45) is 5.73 Å². The van der Waals surface area contributed by atoms with Gasteiger partial charge in [-0.3, -0.25) is 4.79 Å². The Morgan fingerprint density at radius 1 is 1.25 bits per heavy atom. The first-order valence-electron chi connectivity index (χ1n) is 1.82. The fourth-order valence-corrected chi connectivity index (χ4v) is 0. The minimum absolute atomic E-state index is 0. The maximum absolute atomic E-state index is 9.24. The van der Waals surface area contributed by atoms with Crippen LogP contribution in [-0.2, 0) is 4.79 Å². The fraction of sp³-hybridized carbons (Fsp3) is 0.333. The van der Waals surface area contributed by atoms with Gasteiger partial charge < -0.3 is 31.3 Å². The van der Waals surface area contributed by atoms with Gasteiger partial charge in [0.1, 0.15) is 0 Å². The average molecular weight is 199 g/mol. The summed E-state index contributed by atoms with van der Waals surface area (Å²) in [7, 11) is 0. The molecule has 0 bridgehead atoms. The Morgan fingerprint density at radius 2 is 1.33 bits per heavy atom. The number of carboxylic acid groups (broad SMARTS) is 3. The summed E-state index contributed by atoms with van der Waals surface area (Å²) in [6.07, 6.45) is -2.08. The third kappa shape index (κ3) is 141. The zero-order valence-electron chi connectivity index (χ0n) is 6.85. The Labute approximate surface area is 113 Å². The molecule has 5 N–H and O–H groups in total. The van der Waals surface area contributed by atoms with Crippen LogP contribution in [0.4, 0.5) is 4.79 Å². The number of carbonyl (C=O) groups is 2. The van der Waals surface area contributed by atoms with Gasteiger partial charge in [0.2, 0.25) is 6.16 Å².